The zero-order valence-corrected chi connectivity index (χ0v) is 12.6. The van der Waals surface area contributed by atoms with Crippen LogP contribution in [0.5, 0.6) is 0 Å². The molecule has 4 nitrogen and oxygen atoms in total. The first-order valence-electron chi connectivity index (χ1n) is 7.03. The van der Waals surface area contributed by atoms with E-state index in [1.54, 1.807) is 6.26 Å². The lowest BCUT2D eigenvalue weighted by Crippen LogP contribution is -2.22. The molecule has 1 heterocycles. The third kappa shape index (κ3) is 7.35. The van der Waals surface area contributed by atoms with Crippen molar-refractivity contribution in [2.45, 2.75) is 46.9 Å². The number of rotatable bonds is 10. The predicted molar refractivity (Wildman–Crippen MR) is 76.0 cm³/mol. The molecule has 0 aliphatic heterocycles. The molecule has 0 bridgehead atoms. The van der Waals surface area contributed by atoms with Gasteiger partial charge in [-0.1, -0.05) is 27.7 Å². The van der Waals surface area contributed by atoms with E-state index in [0.29, 0.717) is 31.8 Å². The Morgan fingerprint density at radius 1 is 1.16 bits per heavy atom. The largest absolute Gasteiger partial charge is 0.467 e. The fourth-order valence-corrected chi connectivity index (χ4v) is 1.57. The molecular formula is C15H27NO3. The van der Waals surface area contributed by atoms with Gasteiger partial charge in [-0.25, -0.2) is 0 Å². The van der Waals surface area contributed by atoms with E-state index in [1.807, 2.05) is 6.07 Å². The number of nitrogens with one attached hydrogen (secondary N) is 1. The lowest BCUT2D eigenvalue weighted by Gasteiger charge is -2.09. The molecule has 0 radical (unpaired) electrons. The van der Waals surface area contributed by atoms with Gasteiger partial charge in [0.1, 0.15) is 12.4 Å². The maximum absolute atomic E-state index is 5.56. The first kappa shape index (κ1) is 16.2. The quantitative estimate of drug-likeness (QED) is 0.663. The summed E-state index contributed by atoms with van der Waals surface area (Å²) in [5.74, 6) is 1.47. The van der Waals surface area contributed by atoms with Crippen LogP contribution in [0.1, 0.15) is 39.0 Å². The van der Waals surface area contributed by atoms with Crippen LogP contribution >= 0.6 is 0 Å². The Morgan fingerprint density at radius 2 is 1.89 bits per heavy atom. The summed E-state index contributed by atoms with van der Waals surface area (Å²) in [4.78, 5) is 0. The zero-order chi connectivity index (χ0) is 14.1. The molecule has 0 aromatic carbocycles. The van der Waals surface area contributed by atoms with E-state index in [9.17, 15) is 0 Å². The summed E-state index contributed by atoms with van der Waals surface area (Å²) in [6, 6.07) is 2.46. The zero-order valence-electron chi connectivity index (χ0n) is 12.6. The van der Waals surface area contributed by atoms with Crippen LogP contribution in [0.15, 0.2) is 16.7 Å². The molecule has 1 aromatic rings. The van der Waals surface area contributed by atoms with Crippen LogP contribution < -0.4 is 5.32 Å². The highest BCUT2D eigenvalue weighted by atomic mass is 16.5. The van der Waals surface area contributed by atoms with Gasteiger partial charge in [-0.15, -0.1) is 0 Å². The fraction of sp³-hybridized carbons (Fsp3) is 0.733. The summed E-state index contributed by atoms with van der Waals surface area (Å²) in [6.45, 7) is 11.9. The van der Waals surface area contributed by atoms with Gasteiger partial charge in [-0.3, -0.25) is 0 Å². The lowest BCUT2D eigenvalue weighted by atomic mass is 10.2. The number of furan rings is 1. The Morgan fingerprint density at radius 3 is 2.58 bits per heavy atom. The van der Waals surface area contributed by atoms with E-state index in [0.717, 1.165) is 24.5 Å². The van der Waals surface area contributed by atoms with Crippen LogP contribution in [0.3, 0.4) is 0 Å². The van der Waals surface area contributed by atoms with Crippen LogP contribution in [0.4, 0.5) is 0 Å². The van der Waals surface area contributed by atoms with E-state index in [1.165, 1.54) is 0 Å². The van der Waals surface area contributed by atoms with Crippen LogP contribution in [0.25, 0.3) is 0 Å². The Labute approximate surface area is 116 Å². The van der Waals surface area contributed by atoms with Gasteiger partial charge in [0.05, 0.1) is 19.5 Å². The van der Waals surface area contributed by atoms with Gasteiger partial charge in [0, 0.05) is 24.8 Å². The van der Waals surface area contributed by atoms with Crippen LogP contribution in [-0.4, -0.2) is 25.9 Å². The average molecular weight is 269 g/mol. The third-order valence-electron chi connectivity index (χ3n) is 2.59. The molecule has 1 N–H and O–H groups in total. The van der Waals surface area contributed by atoms with E-state index in [4.69, 9.17) is 13.9 Å². The van der Waals surface area contributed by atoms with Crippen molar-refractivity contribution in [1.29, 1.82) is 0 Å². The van der Waals surface area contributed by atoms with Gasteiger partial charge in [0.2, 0.25) is 0 Å². The molecule has 1 rings (SSSR count). The van der Waals surface area contributed by atoms with Crippen molar-refractivity contribution in [3.63, 3.8) is 0 Å². The van der Waals surface area contributed by atoms with Crippen LogP contribution in [-0.2, 0) is 22.6 Å². The van der Waals surface area contributed by atoms with E-state index in [2.05, 4.69) is 33.0 Å². The normalized spacial score (nSPS) is 11.7. The number of hydrogen-bond acceptors (Lipinski definition) is 4. The summed E-state index contributed by atoms with van der Waals surface area (Å²) >= 11 is 0. The highest BCUT2D eigenvalue weighted by Crippen LogP contribution is 2.11. The molecule has 19 heavy (non-hydrogen) atoms. The lowest BCUT2D eigenvalue weighted by molar-refractivity contribution is 0.0261. The van der Waals surface area contributed by atoms with Crippen LogP contribution in [0, 0.1) is 5.92 Å². The molecule has 0 spiro atoms. The van der Waals surface area contributed by atoms with E-state index in [-0.39, 0.29) is 0 Å². The summed E-state index contributed by atoms with van der Waals surface area (Å²) in [5.41, 5.74) is 1.16. The predicted octanol–water partition coefficient (Wildman–Crippen LogP) is 2.97. The van der Waals surface area contributed by atoms with E-state index < -0.39 is 0 Å². The Bertz CT molecular complexity index is 334. The average Bonchev–Trinajstić information content (AvgIpc) is 2.78. The summed E-state index contributed by atoms with van der Waals surface area (Å²) in [6.07, 6.45) is 1.71. The molecule has 110 valence electrons. The first-order valence-corrected chi connectivity index (χ1v) is 7.03. The van der Waals surface area contributed by atoms with Gasteiger partial charge in [0.15, 0.2) is 0 Å². The standard InChI is InChI=1S/C15H27NO3/c1-12(2)10-17-7-8-18-11-15-14(5-6-19-15)9-16-13(3)4/h5-6,12-13,16H,7-11H2,1-4H3. The maximum atomic E-state index is 5.56. The van der Waals surface area contributed by atoms with Gasteiger partial charge in [-0.05, 0) is 12.0 Å². The Hall–Kier alpha value is -0.840. The second-order valence-electron chi connectivity index (χ2n) is 5.43. The second kappa shape index (κ2) is 9.13. The van der Waals surface area contributed by atoms with Crippen molar-refractivity contribution in [2.24, 2.45) is 5.92 Å². The highest BCUT2D eigenvalue weighted by Gasteiger charge is 2.06. The molecule has 0 aliphatic carbocycles. The minimum Gasteiger partial charge on any atom is -0.467 e. The van der Waals surface area contributed by atoms with Crippen molar-refractivity contribution in [2.75, 3.05) is 19.8 Å². The topological polar surface area (TPSA) is 43.6 Å². The molecule has 0 aliphatic rings. The van der Waals surface area contributed by atoms with Crippen molar-refractivity contribution in [3.8, 4) is 0 Å². The van der Waals surface area contributed by atoms with E-state index >= 15 is 0 Å². The molecule has 0 amide bonds. The maximum Gasteiger partial charge on any atom is 0.133 e. The molecular weight excluding hydrogens is 242 g/mol. The summed E-state index contributed by atoms with van der Waals surface area (Å²) in [5, 5.41) is 3.37. The summed E-state index contributed by atoms with van der Waals surface area (Å²) < 4.78 is 16.5. The van der Waals surface area contributed by atoms with Crippen LogP contribution in [0.2, 0.25) is 0 Å². The van der Waals surface area contributed by atoms with Crippen molar-refractivity contribution in [1.82, 2.24) is 5.32 Å². The molecule has 0 unspecified atom stereocenters. The molecule has 0 fully saturated rings. The molecule has 0 atom stereocenters. The number of ether oxygens (including phenoxy) is 2. The third-order valence-corrected chi connectivity index (χ3v) is 2.59. The summed E-state index contributed by atoms with van der Waals surface area (Å²) in [7, 11) is 0. The van der Waals surface area contributed by atoms with Crippen molar-refractivity contribution in [3.05, 3.63) is 23.7 Å². The van der Waals surface area contributed by atoms with Gasteiger partial charge in [-0.2, -0.15) is 0 Å². The van der Waals surface area contributed by atoms with Gasteiger partial charge in [0.25, 0.3) is 0 Å². The molecule has 4 heteroatoms. The number of hydrogen-bond donors (Lipinski definition) is 1. The smallest absolute Gasteiger partial charge is 0.133 e. The minimum absolute atomic E-state index is 0.466. The Balaban J connectivity index is 2.17. The Kier molecular flexibility index (Phi) is 7.79. The molecule has 0 saturated heterocycles. The highest BCUT2D eigenvalue weighted by molar-refractivity contribution is 5.16. The molecule has 0 saturated carbocycles. The fourth-order valence-electron chi connectivity index (χ4n) is 1.57. The second-order valence-corrected chi connectivity index (χ2v) is 5.43. The molecule has 1 aromatic heterocycles. The van der Waals surface area contributed by atoms with Crippen molar-refractivity contribution >= 4 is 0 Å². The van der Waals surface area contributed by atoms with Gasteiger partial charge < -0.3 is 19.2 Å². The van der Waals surface area contributed by atoms with Crippen molar-refractivity contribution < 1.29 is 13.9 Å². The van der Waals surface area contributed by atoms with Gasteiger partial charge >= 0.3 is 0 Å². The SMILES string of the molecule is CC(C)COCCOCc1occc1CNC(C)C. The minimum atomic E-state index is 0.466. The monoisotopic (exact) mass is 269 g/mol. The first-order chi connectivity index (χ1) is 9.09.